The molecule has 0 aliphatic carbocycles. The van der Waals surface area contributed by atoms with E-state index in [1.54, 1.807) is 18.4 Å². The summed E-state index contributed by atoms with van der Waals surface area (Å²) in [5.41, 5.74) is 0. The van der Waals surface area contributed by atoms with Crippen molar-refractivity contribution >= 4 is 18.4 Å². The first kappa shape index (κ1) is 14.3. The van der Waals surface area contributed by atoms with Gasteiger partial charge < -0.3 is 18.9 Å². The Kier molecular flexibility index (Phi) is 5.48. The predicted octanol–water partition coefficient (Wildman–Crippen LogP) is 2.37. The molecule has 0 bridgehead atoms. The van der Waals surface area contributed by atoms with Crippen LogP contribution in [0, 0.1) is 0 Å². The van der Waals surface area contributed by atoms with E-state index in [1.165, 1.54) is 7.11 Å². The third-order valence-electron chi connectivity index (χ3n) is 2.23. The van der Waals surface area contributed by atoms with Gasteiger partial charge in [-0.25, -0.2) is 4.79 Å². The van der Waals surface area contributed by atoms with Gasteiger partial charge in [0, 0.05) is 0 Å². The second-order valence-corrected chi connectivity index (χ2v) is 3.44. The molecule has 0 saturated carbocycles. The van der Waals surface area contributed by atoms with Crippen molar-refractivity contribution in [2.45, 2.75) is 13.1 Å². The summed E-state index contributed by atoms with van der Waals surface area (Å²) in [7, 11) is 1.32. The zero-order chi connectivity index (χ0) is 12.1. The van der Waals surface area contributed by atoms with Gasteiger partial charge in [-0.15, -0.1) is 12.4 Å². The second kappa shape index (κ2) is 6.88. The summed E-state index contributed by atoms with van der Waals surface area (Å²) in [6.45, 7) is 1.14. The Hall–Kier alpha value is -1.72. The van der Waals surface area contributed by atoms with Crippen LogP contribution in [0.15, 0.2) is 39.4 Å². The van der Waals surface area contributed by atoms with Crippen LogP contribution >= 0.6 is 12.4 Å². The number of nitrogens with one attached hydrogen (secondary N) is 1. The van der Waals surface area contributed by atoms with E-state index in [9.17, 15) is 4.79 Å². The maximum atomic E-state index is 11.1. The van der Waals surface area contributed by atoms with E-state index in [1.807, 2.05) is 12.1 Å². The first-order chi connectivity index (χ1) is 8.29. The molecule has 0 radical (unpaired) electrons. The molecule has 1 N–H and O–H groups in total. The highest BCUT2D eigenvalue weighted by molar-refractivity contribution is 5.86. The fourth-order valence-corrected chi connectivity index (χ4v) is 1.41. The van der Waals surface area contributed by atoms with E-state index >= 15 is 0 Å². The maximum absolute atomic E-state index is 11.1. The third kappa shape index (κ3) is 3.65. The Morgan fingerprint density at radius 1 is 1.28 bits per heavy atom. The van der Waals surface area contributed by atoms with Gasteiger partial charge in [0.1, 0.15) is 11.5 Å². The summed E-state index contributed by atoms with van der Waals surface area (Å²) in [6.07, 6.45) is 1.62. The zero-order valence-electron chi connectivity index (χ0n) is 9.84. The minimum Gasteiger partial charge on any atom is -0.468 e. The van der Waals surface area contributed by atoms with Crippen molar-refractivity contribution in [1.29, 1.82) is 0 Å². The minimum atomic E-state index is -0.470. The molecule has 0 amide bonds. The molecule has 0 fully saturated rings. The molecular formula is C12H14ClNO4. The Labute approximate surface area is 111 Å². The number of carbonyl (C=O) groups excluding carboxylic acids is 1. The molecule has 0 aromatic carbocycles. The summed E-state index contributed by atoms with van der Waals surface area (Å²) in [5.74, 6) is 1.27. The second-order valence-electron chi connectivity index (χ2n) is 3.44. The predicted molar refractivity (Wildman–Crippen MR) is 66.5 cm³/mol. The van der Waals surface area contributed by atoms with Gasteiger partial charge in [-0.3, -0.25) is 0 Å². The largest absolute Gasteiger partial charge is 0.468 e. The van der Waals surface area contributed by atoms with Crippen molar-refractivity contribution in [3.8, 4) is 0 Å². The number of esters is 1. The standard InChI is InChI=1S/C12H13NO4.ClH/c1-15-12(14)11-5-4-10(17-11)8-13-7-9-3-2-6-16-9;/h2-6,13H,7-8H2,1H3;1H. The molecule has 0 spiro atoms. The highest BCUT2D eigenvalue weighted by atomic mass is 35.5. The van der Waals surface area contributed by atoms with Gasteiger partial charge in [-0.2, -0.15) is 0 Å². The maximum Gasteiger partial charge on any atom is 0.373 e. The van der Waals surface area contributed by atoms with Crippen LogP contribution in [0.1, 0.15) is 22.1 Å². The number of rotatable bonds is 5. The minimum absolute atomic E-state index is 0. The molecule has 18 heavy (non-hydrogen) atoms. The van der Waals surface area contributed by atoms with Crippen LogP contribution in [0.2, 0.25) is 0 Å². The average molecular weight is 272 g/mol. The van der Waals surface area contributed by atoms with E-state index in [0.29, 0.717) is 18.8 Å². The normalized spacial score (nSPS) is 9.83. The van der Waals surface area contributed by atoms with E-state index in [4.69, 9.17) is 8.83 Å². The molecule has 2 rings (SSSR count). The van der Waals surface area contributed by atoms with Gasteiger partial charge in [0.15, 0.2) is 0 Å². The van der Waals surface area contributed by atoms with Crippen LogP contribution in [-0.4, -0.2) is 13.1 Å². The monoisotopic (exact) mass is 271 g/mol. The number of hydrogen-bond donors (Lipinski definition) is 1. The quantitative estimate of drug-likeness (QED) is 0.846. The van der Waals surface area contributed by atoms with Crippen molar-refractivity contribution in [3.05, 3.63) is 47.8 Å². The lowest BCUT2D eigenvalue weighted by Crippen LogP contribution is -2.11. The molecule has 5 nitrogen and oxygen atoms in total. The van der Waals surface area contributed by atoms with Gasteiger partial charge in [0.2, 0.25) is 5.76 Å². The van der Waals surface area contributed by atoms with Crippen molar-refractivity contribution in [2.24, 2.45) is 0 Å². The zero-order valence-corrected chi connectivity index (χ0v) is 10.7. The van der Waals surface area contributed by atoms with Crippen LogP contribution < -0.4 is 5.32 Å². The van der Waals surface area contributed by atoms with Crippen LogP contribution in [0.5, 0.6) is 0 Å². The number of furan rings is 2. The van der Waals surface area contributed by atoms with Crippen molar-refractivity contribution < 1.29 is 18.4 Å². The summed E-state index contributed by atoms with van der Waals surface area (Å²) in [6, 6.07) is 7.05. The fourth-order valence-electron chi connectivity index (χ4n) is 1.41. The van der Waals surface area contributed by atoms with Crippen LogP contribution in [-0.2, 0) is 17.8 Å². The molecule has 6 heteroatoms. The van der Waals surface area contributed by atoms with Gasteiger partial charge >= 0.3 is 5.97 Å². The summed E-state index contributed by atoms with van der Waals surface area (Å²) < 4.78 is 15.0. The SMILES string of the molecule is COC(=O)c1ccc(CNCc2ccco2)o1.Cl. The Balaban J connectivity index is 0.00000162. The highest BCUT2D eigenvalue weighted by Gasteiger charge is 2.10. The fraction of sp³-hybridized carbons (Fsp3) is 0.250. The summed E-state index contributed by atoms with van der Waals surface area (Å²) in [5, 5.41) is 3.13. The van der Waals surface area contributed by atoms with Crippen molar-refractivity contribution in [2.75, 3.05) is 7.11 Å². The number of carbonyl (C=O) groups is 1. The lowest BCUT2D eigenvalue weighted by molar-refractivity contribution is 0.0563. The Morgan fingerprint density at radius 2 is 2.06 bits per heavy atom. The Morgan fingerprint density at radius 3 is 2.72 bits per heavy atom. The highest BCUT2D eigenvalue weighted by Crippen LogP contribution is 2.09. The third-order valence-corrected chi connectivity index (χ3v) is 2.23. The lowest BCUT2D eigenvalue weighted by Gasteiger charge is -1.99. The average Bonchev–Trinajstić information content (AvgIpc) is 2.99. The molecule has 2 aromatic rings. The first-order valence-electron chi connectivity index (χ1n) is 5.19. The smallest absolute Gasteiger partial charge is 0.373 e. The Bertz CT molecular complexity index is 478. The van der Waals surface area contributed by atoms with Crippen molar-refractivity contribution in [3.63, 3.8) is 0 Å². The molecule has 2 aromatic heterocycles. The van der Waals surface area contributed by atoms with Gasteiger partial charge in [-0.1, -0.05) is 0 Å². The summed E-state index contributed by atoms with van der Waals surface area (Å²) >= 11 is 0. The van der Waals surface area contributed by atoms with E-state index < -0.39 is 5.97 Å². The van der Waals surface area contributed by atoms with Crippen LogP contribution in [0.3, 0.4) is 0 Å². The van der Waals surface area contributed by atoms with Crippen LogP contribution in [0.4, 0.5) is 0 Å². The summed E-state index contributed by atoms with van der Waals surface area (Å²) in [4.78, 5) is 11.1. The van der Waals surface area contributed by atoms with E-state index in [2.05, 4.69) is 10.1 Å². The van der Waals surface area contributed by atoms with Crippen LogP contribution in [0.25, 0.3) is 0 Å². The molecule has 0 atom stereocenters. The molecule has 98 valence electrons. The molecule has 0 saturated heterocycles. The van der Waals surface area contributed by atoms with E-state index in [-0.39, 0.29) is 18.2 Å². The van der Waals surface area contributed by atoms with Gasteiger partial charge in [0.05, 0.1) is 26.5 Å². The molecule has 0 unspecified atom stereocenters. The number of ether oxygens (including phenoxy) is 1. The molecule has 0 aliphatic rings. The molecule has 2 heterocycles. The number of halogens is 1. The van der Waals surface area contributed by atoms with E-state index in [0.717, 1.165) is 5.76 Å². The van der Waals surface area contributed by atoms with Gasteiger partial charge in [-0.05, 0) is 24.3 Å². The topological polar surface area (TPSA) is 64.6 Å². The molecular weight excluding hydrogens is 258 g/mol. The first-order valence-corrected chi connectivity index (χ1v) is 5.19. The number of hydrogen-bond acceptors (Lipinski definition) is 5. The van der Waals surface area contributed by atoms with Gasteiger partial charge in [0.25, 0.3) is 0 Å². The molecule has 0 aliphatic heterocycles. The number of methoxy groups -OCH3 is 1. The van der Waals surface area contributed by atoms with Crippen molar-refractivity contribution in [1.82, 2.24) is 5.32 Å². The lowest BCUT2D eigenvalue weighted by atomic mass is 10.4.